The number of hydrogen-bond acceptors (Lipinski definition) is 4. The van der Waals surface area contributed by atoms with Crippen LogP contribution in [0.25, 0.3) is 5.65 Å². The van der Waals surface area contributed by atoms with E-state index in [1.807, 2.05) is 4.90 Å². The van der Waals surface area contributed by atoms with E-state index in [2.05, 4.69) is 10.1 Å². The Labute approximate surface area is 146 Å². The summed E-state index contributed by atoms with van der Waals surface area (Å²) >= 11 is 0. The molecular weight excluding hydrogens is 320 g/mol. The van der Waals surface area contributed by atoms with Gasteiger partial charge >= 0.3 is 0 Å². The van der Waals surface area contributed by atoms with Gasteiger partial charge in [0.25, 0.3) is 5.56 Å². The predicted molar refractivity (Wildman–Crippen MR) is 92.3 cm³/mol. The number of carbonyl (C=O) groups excluding carboxylic acids is 1. The Hall–Kier alpha value is -2.15. The molecule has 2 fully saturated rings. The van der Waals surface area contributed by atoms with Crippen molar-refractivity contribution in [3.63, 3.8) is 0 Å². The monoisotopic (exact) mass is 344 g/mol. The molecule has 0 bridgehead atoms. The van der Waals surface area contributed by atoms with Crippen molar-refractivity contribution in [3.05, 3.63) is 34.4 Å². The minimum atomic E-state index is -0.132. The lowest BCUT2D eigenvalue weighted by molar-refractivity contribution is -0.136. The smallest absolute Gasteiger partial charge is 0.272 e. The van der Waals surface area contributed by atoms with Gasteiger partial charge in [0.05, 0.1) is 11.7 Å². The van der Waals surface area contributed by atoms with E-state index in [1.54, 1.807) is 18.3 Å². The lowest BCUT2D eigenvalue weighted by atomic mass is 9.93. The first-order valence-electron chi connectivity index (χ1n) is 9.16. The molecule has 2 aliphatic heterocycles. The van der Waals surface area contributed by atoms with Gasteiger partial charge in [-0.1, -0.05) is 0 Å². The molecule has 1 atom stereocenters. The van der Waals surface area contributed by atoms with Crippen molar-refractivity contribution in [3.8, 4) is 0 Å². The SMILES string of the molecule is O=C(CC1CCOCC1)N1CCCCC1c1cc(=O)n2[nH]ccc2n1. The zero-order valence-electron chi connectivity index (χ0n) is 14.3. The fourth-order valence-corrected chi connectivity index (χ4v) is 3.97. The summed E-state index contributed by atoms with van der Waals surface area (Å²) in [7, 11) is 0. The lowest BCUT2D eigenvalue weighted by Gasteiger charge is -2.36. The second-order valence-electron chi connectivity index (χ2n) is 7.03. The maximum Gasteiger partial charge on any atom is 0.272 e. The quantitative estimate of drug-likeness (QED) is 0.922. The number of nitrogens with one attached hydrogen (secondary N) is 1. The Balaban J connectivity index is 1.57. The number of amides is 1. The number of H-pyrrole nitrogens is 1. The molecule has 0 saturated carbocycles. The standard InChI is InChI=1S/C18H24N4O3/c23-17(11-13-5-9-25-10-6-13)21-8-2-1-3-15(21)14-12-18(24)22-16(20-14)4-7-19-22/h4,7,12-13,15,19H,1-3,5-6,8-11H2. The highest BCUT2D eigenvalue weighted by Crippen LogP contribution is 2.31. The molecule has 4 rings (SSSR count). The molecular formula is C18H24N4O3. The number of hydrogen-bond donors (Lipinski definition) is 1. The van der Waals surface area contributed by atoms with Gasteiger partial charge in [0.1, 0.15) is 0 Å². The summed E-state index contributed by atoms with van der Waals surface area (Å²) in [4.78, 5) is 31.8. The van der Waals surface area contributed by atoms with Crippen LogP contribution in [0.2, 0.25) is 0 Å². The van der Waals surface area contributed by atoms with E-state index in [0.717, 1.165) is 51.9 Å². The van der Waals surface area contributed by atoms with E-state index in [-0.39, 0.29) is 17.5 Å². The van der Waals surface area contributed by atoms with Crippen molar-refractivity contribution < 1.29 is 9.53 Å². The summed E-state index contributed by atoms with van der Waals surface area (Å²) in [6.07, 6.45) is 7.12. The molecule has 2 saturated heterocycles. The number of ether oxygens (including phenoxy) is 1. The van der Waals surface area contributed by atoms with Gasteiger partial charge in [0.2, 0.25) is 5.91 Å². The molecule has 2 aliphatic rings. The van der Waals surface area contributed by atoms with E-state index < -0.39 is 0 Å². The van der Waals surface area contributed by atoms with Crippen molar-refractivity contribution in [2.75, 3.05) is 19.8 Å². The summed E-state index contributed by atoms with van der Waals surface area (Å²) in [6, 6.07) is 3.25. The molecule has 7 heteroatoms. The highest BCUT2D eigenvalue weighted by Gasteiger charge is 2.31. The van der Waals surface area contributed by atoms with Crippen molar-refractivity contribution in [2.24, 2.45) is 5.92 Å². The first-order valence-corrected chi connectivity index (χ1v) is 9.16. The van der Waals surface area contributed by atoms with E-state index in [9.17, 15) is 9.59 Å². The Morgan fingerprint density at radius 1 is 1.28 bits per heavy atom. The Bertz CT molecular complexity index is 806. The zero-order valence-corrected chi connectivity index (χ0v) is 14.3. The average molecular weight is 344 g/mol. The first-order chi connectivity index (χ1) is 12.2. The molecule has 1 N–H and O–H groups in total. The van der Waals surface area contributed by atoms with Crippen LogP contribution in [0.1, 0.15) is 50.3 Å². The van der Waals surface area contributed by atoms with Crippen LogP contribution in [0.3, 0.4) is 0 Å². The van der Waals surface area contributed by atoms with Crippen molar-refractivity contribution >= 4 is 11.6 Å². The summed E-state index contributed by atoms with van der Waals surface area (Å²) in [6.45, 7) is 2.26. The molecule has 25 heavy (non-hydrogen) atoms. The number of nitrogens with zero attached hydrogens (tertiary/aromatic N) is 3. The topological polar surface area (TPSA) is 79.7 Å². The number of piperidine rings is 1. The molecule has 4 heterocycles. The molecule has 0 spiro atoms. The van der Waals surface area contributed by atoms with Crippen molar-refractivity contribution in [1.82, 2.24) is 19.5 Å². The molecule has 7 nitrogen and oxygen atoms in total. The van der Waals surface area contributed by atoms with Crippen LogP contribution in [0, 0.1) is 5.92 Å². The zero-order chi connectivity index (χ0) is 17.2. The van der Waals surface area contributed by atoms with Gasteiger partial charge in [0, 0.05) is 44.5 Å². The molecule has 0 aliphatic carbocycles. The maximum atomic E-state index is 12.9. The third kappa shape index (κ3) is 3.33. The van der Waals surface area contributed by atoms with Gasteiger partial charge in [-0.25, -0.2) is 9.50 Å². The molecule has 2 aromatic heterocycles. The Morgan fingerprint density at radius 3 is 2.96 bits per heavy atom. The van der Waals surface area contributed by atoms with E-state index in [4.69, 9.17) is 4.74 Å². The highest BCUT2D eigenvalue weighted by molar-refractivity contribution is 5.77. The number of likely N-dealkylation sites (tertiary alicyclic amines) is 1. The van der Waals surface area contributed by atoms with Crippen LogP contribution >= 0.6 is 0 Å². The third-order valence-corrected chi connectivity index (χ3v) is 5.37. The van der Waals surface area contributed by atoms with Crippen LogP contribution in [-0.2, 0) is 9.53 Å². The maximum absolute atomic E-state index is 12.9. The van der Waals surface area contributed by atoms with Crippen LogP contribution in [0.4, 0.5) is 0 Å². The average Bonchev–Trinajstić information content (AvgIpc) is 3.12. The minimum absolute atomic E-state index is 0.0892. The van der Waals surface area contributed by atoms with Crippen LogP contribution in [0.15, 0.2) is 23.1 Å². The van der Waals surface area contributed by atoms with E-state index >= 15 is 0 Å². The second kappa shape index (κ2) is 7.00. The molecule has 0 aromatic carbocycles. The molecule has 134 valence electrons. The Kier molecular flexibility index (Phi) is 4.57. The molecule has 2 aromatic rings. The van der Waals surface area contributed by atoms with Crippen molar-refractivity contribution in [2.45, 2.75) is 44.6 Å². The van der Waals surface area contributed by atoms with Crippen LogP contribution in [0.5, 0.6) is 0 Å². The van der Waals surface area contributed by atoms with Gasteiger partial charge in [-0.05, 0) is 38.0 Å². The first kappa shape index (κ1) is 16.3. The number of rotatable bonds is 3. The normalized spacial score (nSPS) is 22.4. The summed E-state index contributed by atoms with van der Waals surface area (Å²) in [5.41, 5.74) is 1.18. The fourth-order valence-electron chi connectivity index (χ4n) is 3.97. The summed E-state index contributed by atoms with van der Waals surface area (Å²) in [5, 5.41) is 2.86. The minimum Gasteiger partial charge on any atom is -0.381 e. The number of carbonyl (C=O) groups is 1. The van der Waals surface area contributed by atoms with Gasteiger partial charge in [-0.15, -0.1) is 0 Å². The van der Waals surface area contributed by atoms with Crippen molar-refractivity contribution in [1.29, 1.82) is 0 Å². The largest absolute Gasteiger partial charge is 0.381 e. The van der Waals surface area contributed by atoms with Gasteiger partial charge in [-0.2, -0.15) is 0 Å². The highest BCUT2D eigenvalue weighted by atomic mass is 16.5. The Morgan fingerprint density at radius 2 is 2.12 bits per heavy atom. The third-order valence-electron chi connectivity index (χ3n) is 5.37. The number of aromatic amines is 1. The fraction of sp³-hybridized carbons (Fsp3) is 0.611. The van der Waals surface area contributed by atoms with Gasteiger partial charge < -0.3 is 9.64 Å². The van der Waals surface area contributed by atoms with E-state index in [1.165, 1.54) is 4.52 Å². The van der Waals surface area contributed by atoms with Crippen LogP contribution < -0.4 is 5.56 Å². The summed E-state index contributed by atoms with van der Waals surface area (Å²) in [5.74, 6) is 0.599. The molecule has 0 radical (unpaired) electrons. The van der Waals surface area contributed by atoms with Crippen LogP contribution in [-0.4, -0.2) is 45.2 Å². The molecule has 1 amide bonds. The number of fused-ring (bicyclic) bond motifs is 1. The van der Waals surface area contributed by atoms with Gasteiger partial charge in [-0.3, -0.25) is 14.7 Å². The van der Waals surface area contributed by atoms with E-state index in [0.29, 0.717) is 23.7 Å². The molecule has 1 unspecified atom stereocenters. The number of aromatic nitrogens is 3. The summed E-state index contributed by atoms with van der Waals surface area (Å²) < 4.78 is 6.81. The van der Waals surface area contributed by atoms with Gasteiger partial charge in [0.15, 0.2) is 5.65 Å². The predicted octanol–water partition coefficient (Wildman–Crippen LogP) is 1.89. The lowest BCUT2D eigenvalue weighted by Crippen LogP contribution is -2.40. The second-order valence-corrected chi connectivity index (χ2v) is 7.03.